The van der Waals surface area contributed by atoms with Crippen molar-refractivity contribution in [2.75, 3.05) is 13.7 Å². The first-order chi connectivity index (χ1) is 11.9. The van der Waals surface area contributed by atoms with Gasteiger partial charge in [-0.2, -0.15) is 0 Å². The predicted molar refractivity (Wildman–Crippen MR) is 93.5 cm³/mol. The van der Waals surface area contributed by atoms with E-state index in [0.29, 0.717) is 25.0 Å². The minimum Gasteiger partial charge on any atom is -0.494 e. The number of nitrogens with zero attached hydrogens (tertiary/aromatic N) is 1. The Balaban J connectivity index is 2.01. The van der Waals surface area contributed by atoms with E-state index >= 15 is 0 Å². The Morgan fingerprint density at radius 2 is 1.88 bits per heavy atom. The van der Waals surface area contributed by atoms with Crippen LogP contribution in [0.2, 0.25) is 0 Å². The van der Waals surface area contributed by atoms with Gasteiger partial charge in [0, 0.05) is 13.5 Å². The van der Waals surface area contributed by atoms with E-state index in [1.165, 1.54) is 6.07 Å². The number of hydrogen-bond donors (Lipinski definition) is 0. The molecule has 2 aromatic rings. The maximum Gasteiger partial charge on any atom is 0.223 e. The second-order valence-corrected chi connectivity index (χ2v) is 5.89. The molecule has 0 radical (unpaired) electrons. The number of aryl methyl sites for hydroxylation is 1. The number of ether oxygens (including phenoxy) is 1. The van der Waals surface area contributed by atoms with Crippen LogP contribution in [0, 0.1) is 11.6 Å². The van der Waals surface area contributed by atoms with Crippen LogP contribution in [-0.2, 0) is 11.2 Å². The third-order valence-electron chi connectivity index (χ3n) is 4.28. The molecule has 0 heterocycles. The van der Waals surface area contributed by atoms with E-state index in [4.69, 9.17) is 4.74 Å². The van der Waals surface area contributed by atoms with Gasteiger partial charge < -0.3 is 9.64 Å². The standard InChI is InChI=1S/C20H23F2NO2/c1-4-25-19-8-6-5-7-15(19)10-12-20(24)23(3)14(2)16-9-11-17(21)18(22)13-16/h5-9,11,13-14H,4,10,12H2,1-3H3. The van der Waals surface area contributed by atoms with Crippen molar-refractivity contribution in [1.82, 2.24) is 4.90 Å². The smallest absolute Gasteiger partial charge is 0.223 e. The van der Waals surface area contributed by atoms with Crippen LogP contribution in [0.3, 0.4) is 0 Å². The largest absolute Gasteiger partial charge is 0.494 e. The molecule has 0 aliphatic heterocycles. The quantitative estimate of drug-likeness (QED) is 0.737. The lowest BCUT2D eigenvalue weighted by Crippen LogP contribution is -2.30. The maximum atomic E-state index is 13.4. The first kappa shape index (κ1) is 18.9. The molecule has 5 heteroatoms. The lowest BCUT2D eigenvalue weighted by atomic mass is 10.0. The number of benzene rings is 2. The van der Waals surface area contributed by atoms with Gasteiger partial charge >= 0.3 is 0 Å². The summed E-state index contributed by atoms with van der Waals surface area (Å²) >= 11 is 0. The monoisotopic (exact) mass is 347 g/mol. The minimum absolute atomic E-state index is 0.0662. The van der Waals surface area contributed by atoms with Gasteiger partial charge in [0.05, 0.1) is 12.6 Å². The Bertz CT molecular complexity index is 733. The summed E-state index contributed by atoms with van der Waals surface area (Å²) in [7, 11) is 1.67. The third-order valence-corrected chi connectivity index (χ3v) is 4.28. The van der Waals surface area contributed by atoms with E-state index in [2.05, 4.69) is 0 Å². The van der Waals surface area contributed by atoms with Crippen LogP contribution in [0.5, 0.6) is 5.75 Å². The van der Waals surface area contributed by atoms with Crippen molar-refractivity contribution in [3.63, 3.8) is 0 Å². The van der Waals surface area contributed by atoms with Gasteiger partial charge in [-0.1, -0.05) is 24.3 Å². The third kappa shape index (κ3) is 4.78. The number of rotatable bonds is 7. The van der Waals surface area contributed by atoms with Crippen LogP contribution >= 0.6 is 0 Å². The van der Waals surface area contributed by atoms with Gasteiger partial charge in [-0.3, -0.25) is 4.79 Å². The van der Waals surface area contributed by atoms with E-state index in [1.54, 1.807) is 18.9 Å². The molecule has 0 bridgehead atoms. The molecule has 0 N–H and O–H groups in total. The molecule has 0 saturated carbocycles. The highest BCUT2D eigenvalue weighted by Crippen LogP contribution is 2.23. The molecular formula is C20H23F2NO2. The zero-order chi connectivity index (χ0) is 18.4. The first-order valence-electron chi connectivity index (χ1n) is 8.35. The molecule has 0 aliphatic carbocycles. The minimum atomic E-state index is -0.907. The average Bonchev–Trinajstić information content (AvgIpc) is 2.62. The van der Waals surface area contributed by atoms with Gasteiger partial charge in [0.25, 0.3) is 0 Å². The fourth-order valence-electron chi connectivity index (χ4n) is 2.64. The zero-order valence-electron chi connectivity index (χ0n) is 14.8. The number of para-hydroxylation sites is 1. The van der Waals surface area contributed by atoms with Crippen molar-refractivity contribution in [2.45, 2.75) is 32.7 Å². The van der Waals surface area contributed by atoms with Gasteiger partial charge in [0.2, 0.25) is 5.91 Å². The Kier molecular flexibility index (Phi) is 6.51. The molecule has 0 saturated heterocycles. The molecule has 3 nitrogen and oxygen atoms in total. The summed E-state index contributed by atoms with van der Waals surface area (Å²) in [6.45, 7) is 4.27. The van der Waals surface area contributed by atoms with E-state index < -0.39 is 11.6 Å². The summed E-state index contributed by atoms with van der Waals surface area (Å²) in [5, 5.41) is 0. The van der Waals surface area contributed by atoms with Crippen LogP contribution in [0.1, 0.15) is 37.4 Å². The second kappa shape index (κ2) is 8.60. The van der Waals surface area contributed by atoms with E-state index in [0.717, 1.165) is 23.4 Å². The molecule has 0 aromatic heterocycles. The second-order valence-electron chi connectivity index (χ2n) is 5.89. The molecule has 0 spiro atoms. The molecule has 2 aromatic carbocycles. The van der Waals surface area contributed by atoms with Gasteiger partial charge in [-0.15, -0.1) is 0 Å². The topological polar surface area (TPSA) is 29.5 Å². The van der Waals surface area contributed by atoms with Gasteiger partial charge in [-0.05, 0) is 49.6 Å². The highest BCUT2D eigenvalue weighted by Gasteiger charge is 2.19. The van der Waals surface area contributed by atoms with E-state index in [-0.39, 0.29) is 11.9 Å². The molecule has 1 atom stereocenters. The fourth-order valence-corrected chi connectivity index (χ4v) is 2.64. The molecular weight excluding hydrogens is 324 g/mol. The van der Waals surface area contributed by atoms with Crippen molar-refractivity contribution in [3.05, 3.63) is 65.2 Å². The maximum absolute atomic E-state index is 13.4. The molecule has 1 unspecified atom stereocenters. The average molecular weight is 347 g/mol. The van der Waals surface area contributed by atoms with Gasteiger partial charge in [-0.25, -0.2) is 8.78 Å². The van der Waals surface area contributed by atoms with Crippen LogP contribution in [0.25, 0.3) is 0 Å². The van der Waals surface area contributed by atoms with Gasteiger partial charge in [0.1, 0.15) is 5.75 Å². The van der Waals surface area contributed by atoms with Gasteiger partial charge in [0.15, 0.2) is 11.6 Å². The van der Waals surface area contributed by atoms with Crippen LogP contribution in [-0.4, -0.2) is 24.5 Å². The lowest BCUT2D eigenvalue weighted by molar-refractivity contribution is -0.131. The number of carbonyl (C=O) groups excluding carboxylic acids is 1. The molecule has 2 rings (SSSR count). The highest BCUT2D eigenvalue weighted by atomic mass is 19.2. The Labute approximate surface area is 147 Å². The number of carbonyl (C=O) groups is 1. The molecule has 0 aliphatic rings. The fraction of sp³-hybridized carbons (Fsp3) is 0.350. The van der Waals surface area contributed by atoms with Crippen molar-refractivity contribution in [1.29, 1.82) is 0 Å². The van der Waals surface area contributed by atoms with Crippen LogP contribution < -0.4 is 4.74 Å². The summed E-state index contributed by atoms with van der Waals surface area (Å²) in [6.07, 6.45) is 0.873. The van der Waals surface area contributed by atoms with Crippen molar-refractivity contribution in [2.24, 2.45) is 0 Å². The predicted octanol–water partition coefficient (Wildman–Crippen LogP) is 4.52. The van der Waals surface area contributed by atoms with Crippen molar-refractivity contribution in [3.8, 4) is 5.75 Å². The highest BCUT2D eigenvalue weighted by molar-refractivity contribution is 5.76. The first-order valence-corrected chi connectivity index (χ1v) is 8.35. The molecule has 1 amide bonds. The summed E-state index contributed by atoms with van der Waals surface area (Å²) < 4.78 is 32.0. The van der Waals surface area contributed by atoms with Crippen molar-refractivity contribution < 1.29 is 18.3 Å². The Hall–Kier alpha value is -2.43. The Morgan fingerprint density at radius 3 is 2.56 bits per heavy atom. The normalized spacial score (nSPS) is 11.9. The summed E-state index contributed by atoms with van der Waals surface area (Å²) in [5.41, 5.74) is 1.54. The summed E-state index contributed by atoms with van der Waals surface area (Å²) in [5.74, 6) is -1.08. The molecule has 25 heavy (non-hydrogen) atoms. The molecule has 134 valence electrons. The SMILES string of the molecule is CCOc1ccccc1CCC(=O)N(C)C(C)c1ccc(F)c(F)c1. The Morgan fingerprint density at radius 1 is 1.16 bits per heavy atom. The van der Waals surface area contributed by atoms with Crippen LogP contribution in [0.15, 0.2) is 42.5 Å². The number of hydrogen-bond acceptors (Lipinski definition) is 2. The van der Waals surface area contributed by atoms with Crippen LogP contribution in [0.4, 0.5) is 8.78 Å². The number of amides is 1. The van der Waals surface area contributed by atoms with E-state index in [9.17, 15) is 13.6 Å². The molecule has 0 fully saturated rings. The number of halogens is 2. The summed E-state index contributed by atoms with van der Waals surface area (Å²) in [4.78, 5) is 14.0. The van der Waals surface area contributed by atoms with Crippen molar-refractivity contribution >= 4 is 5.91 Å². The van der Waals surface area contributed by atoms with E-state index in [1.807, 2.05) is 31.2 Å². The summed E-state index contributed by atoms with van der Waals surface area (Å²) in [6, 6.07) is 11.0. The zero-order valence-corrected chi connectivity index (χ0v) is 14.8. The lowest BCUT2D eigenvalue weighted by Gasteiger charge is -2.25.